The summed E-state index contributed by atoms with van der Waals surface area (Å²) in [5.41, 5.74) is 0.0653. The number of benzene rings is 1. The van der Waals surface area contributed by atoms with Crippen molar-refractivity contribution in [1.29, 1.82) is 0 Å². The molecule has 1 aromatic carbocycles. The lowest BCUT2D eigenvalue weighted by Gasteiger charge is -2.06. The van der Waals surface area contributed by atoms with Crippen LogP contribution in [-0.2, 0) is 6.18 Å². The summed E-state index contributed by atoms with van der Waals surface area (Å²) in [6, 6.07) is 4.52. The molecule has 0 amide bonds. The molecule has 0 aliphatic rings. The van der Waals surface area contributed by atoms with Crippen LogP contribution in [0.5, 0.6) is 0 Å². The van der Waals surface area contributed by atoms with E-state index in [0.29, 0.717) is 11.3 Å². The van der Waals surface area contributed by atoms with Crippen LogP contribution >= 0.6 is 23.2 Å². The zero-order valence-electron chi connectivity index (χ0n) is 8.15. The lowest BCUT2D eigenvalue weighted by Crippen LogP contribution is -2.04. The molecule has 90 valence electrons. The minimum Gasteiger partial charge on any atom is -0.265 e. The Hall–Kier alpha value is -1.20. The van der Waals surface area contributed by atoms with Crippen molar-refractivity contribution in [2.45, 2.75) is 6.18 Å². The van der Waals surface area contributed by atoms with Gasteiger partial charge in [0, 0.05) is 5.56 Å². The molecule has 0 radical (unpaired) electrons. The number of alkyl halides is 3. The van der Waals surface area contributed by atoms with Gasteiger partial charge in [-0.3, -0.25) is 5.10 Å². The maximum atomic E-state index is 12.3. The number of aromatic nitrogens is 2. The summed E-state index contributed by atoms with van der Waals surface area (Å²) in [5.74, 6) is 0. The van der Waals surface area contributed by atoms with Crippen LogP contribution in [0.2, 0.25) is 10.2 Å². The molecule has 0 aliphatic carbocycles. The molecule has 0 spiro atoms. The number of nitrogens with one attached hydrogen (secondary N) is 1. The van der Waals surface area contributed by atoms with Crippen LogP contribution in [0.3, 0.4) is 0 Å². The molecule has 0 bridgehead atoms. The fraction of sp³-hybridized carbons (Fsp3) is 0.100. The SMILES string of the molecule is FC(F)(F)c1ccc(-c2n[nH]c(Cl)c2Cl)cc1. The minimum atomic E-state index is -4.36. The fourth-order valence-corrected chi connectivity index (χ4v) is 1.64. The first-order valence-corrected chi connectivity index (χ1v) is 5.22. The topological polar surface area (TPSA) is 28.7 Å². The zero-order chi connectivity index (χ0) is 12.6. The molecule has 17 heavy (non-hydrogen) atoms. The highest BCUT2D eigenvalue weighted by molar-refractivity contribution is 6.42. The van der Waals surface area contributed by atoms with Gasteiger partial charge in [0.05, 0.1) is 5.56 Å². The molecule has 0 saturated heterocycles. The molecule has 2 rings (SSSR count). The van der Waals surface area contributed by atoms with Crippen molar-refractivity contribution in [3.05, 3.63) is 40.0 Å². The first kappa shape index (κ1) is 12.3. The number of hydrogen-bond acceptors (Lipinski definition) is 1. The largest absolute Gasteiger partial charge is 0.416 e. The summed E-state index contributed by atoms with van der Waals surface area (Å²) in [5, 5.41) is 6.59. The molecular formula is C10H5Cl2F3N2. The Morgan fingerprint density at radius 2 is 1.65 bits per heavy atom. The van der Waals surface area contributed by atoms with Crippen molar-refractivity contribution < 1.29 is 13.2 Å². The van der Waals surface area contributed by atoms with Gasteiger partial charge in [-0.25, -0.2) is 0 Å². The van der Waals surface area contributed by atoms with Gasteiger partial charge in [0.15, 0.2) is 0 Å². The highest BCUT2D eigenvalue weighted by Gasteiger charge is 2.30. The molecular weight excluding hydrogens is 276 g/mol. The van der Waals surface area contributed by atoms with Gasteiger partial charge in [-0.05, 0) is 12.1 Å². The van der Waals surface area contributed by atoms with Crippen molar-refractivity contribution in [3.63, 3.8) is 0 Å². The summed E-state index contributed by atoms with van der Waals surface area (Å²) in [7, 11) is 0. The van der Waals surface area contributed by atoms with Crippen LogP contribution in [0.1, 0.15) is 5.56 Å². The Morgan fingerprint density at radius 3 is 2.06 bits per heavy atom. The van der Waals surface area contributed by atoms with E-state index in [2.05, 4.69) is 10.2 Å². The molecule has 7 heteroatoms. The van der Waals surface area contributed by atoms with E-state index in [0.717, 1.165) is 12.1 Å². The molecule has 0 atom stereocenters. The van der Waals surface area contributed by atoms with Crippen molar-refractivity contribution in [2.24, 2.45) is 0 Å². The van der Waals surface area contributed by atoms with Crippen LogP contribution in [0.4, 0.5) is 13.2 Å². The summed E-state index contributed by atoms with van der Waals surface area (Å²) >= 11 is 11.5. The normalized spacial score (nSPS) is 11.8. The number of rotatable bonds is 1. The van der Waals surface area contributed by atoms with Gasteiger partial charge in [0.2, 0.25) is 0 Å². The molecule has 0 fully saturated rings. The van der Waals surface area contributed by atoms with Gasteiger partial charge in [0.1, 0.15) is 15.9 Å². The first-order valence-electron chi connectivity index (χ1n) is 4.46. The Morgan fingerprint density at radius 1 is 1.06 bits per heavy atom. The van der Waals surface area contributed by atoms with E-state index in [4.69, 9.17) is 23.2 Å². The van der Waals surface area contributed by atoms with E-state index < -0.39 is 11.7 Å². The third-order valence-corrected chi connectivity index (χ3v) is 2.89. The average molecular weight is 281 g/mol. The fourth-order valence-electron chi connectivity index (χ4n) is 1.32. The maximum Gasteiger partial charge on any atom is 0.416 e. The summed E-state index contributed by atoms with van der Waals surface area (Å²) in [6.07, 6.45) is -4.36. The highest BCUT2D eigenvalue weighted by atomic mass is 35.5. The molecule has 2 nitrogen and oxygen atoms in total. The Labute approximate surface area is 104 Å². The van der Waals surface area contributed by atoms with E-state index in [9.17, 15) is 13.2 Å². The lowest BCUT2D eigenvalue weighted by atomic mass is 10.1. The summed E-state index contributed by atoms with van der Waals surface area (Å²) in [6.45, 7) is 0. The third-order valence-electron chi connectivity index (χ3n) is 2.15. The minimum absolute atomic E-state index is 0.154. The monoisotopic (exact) mass is 280 g/mol. The maximum absolute atomic E-state index is 12.3. The number of hydrogen-bond donors (Lipinski definition) is 1. The Kier molecular flexibility index (Phi) is 3.05. The van der Waals surface area contributed by atoms with Crippen LogP contribution < -0.4 is 0 Å². The van der Waals surface area contributed by atoms with Gasteiger partial charge in [-0.1, -0.05) is 35.3 Å². The molecule has 1 N–H and O–H groups in total. The van der Waals surface area contributed by atoms with E-state index in [1.807, 2.05) is 0 Å². The predicted octanol–water partition coefficient (Wildman–Crippen LogP) is 4.40. The van der Waals surface area contributed by atoms with Gasteiger partial charge in [-0.15, -0.1) is 0 Å². The average Bonchev–Trinajstić information content (AvgIpc) is 2.59. The molecule has 2 aromatic rings. The number of halogens is 5. The molecule has 1 aromatic heterocycles. The third kappa shape index (κ3) is 2.40. The van der Waals surface area contributed by atoms with Crippen molar-refractivity contribution in [3.8, 4) is 11.3 Å². The second-order valence-corrected chi connectivity index (χ2v) is 4.03. The molecule has 0 aliphatic heterocycles. The van der Waals surface area contributed by atoms with Gasteiger partial charge < -0.3 is 0 Å². The number of nitrogens with zero attached hydrogens (tertiary/aromatic N) is 1. The van der Waals surface area contributed by atoms with E-state index in [1.165, 1.54) is 12.1 Å². The van der Waals surface area contributed by atoms with Crippen LogP contribution in [0, 0.1) is 0 Å². The van der Waals surface area contributed by atoms with Crippen LogP contribution in [0.15, 0.2) is 24.3 Å². The second-order valence-electron chi connectivity index (χ2n) is 3.28. The quantitative estimate of drug-likeness (QED) is 0.824. The summed E-state index contributed by atoms with van der Waals surface area (Å²) < 4.78 is 37.0. The van der Waals surface area contributed by atoms with Crippen molar-refractivity contribution in [1.82, 2.24) is 10.2 Å². The molecule has 0 saturated carbocycles. The van der Waals surface area contributed by atoms with Crippen molar-refractivity contribution in [2.75, 3.05) is 0 Å². The van der Waals surface area contributed by atoms with Crippen molar-refractivity contribution >= 4 is 23.2 Å². The molecule has 1 heterocycles. The standard InChI is InChI=1S/C10H5Cl2F3N2/c11-7-8(16-17-9(7)12)5-1-3-6(4-2-5)10(13,14)15/h1-4H,(H,16,17). The Balaban J connectivity index is 2.40. The van der Waals surface area contributed by atoms with Crippen LogP contribution in [0.25, 0.3) is 11.3 Å². The van der Waals surface area contributed by atoms with Gasteiger partial charge in [-0.2, -0.15) is 18.3 Å². The summed E-state index contributed by atoms with van der Waals surface area (Å²) in [4.78, 5) is 0. The molecule has 0 unspecified atom stereocenters. The van der Waals surface area contributed by atoms with E-state index >= 15 is 0 Å². The number of aromatic amines is 1. The van der Waals surface area contributed by atoms with Gasteiger partial charge in [0.25, 0.3) is 0 Å². The van der Waals surface area contributed by atoms with E-state index in [-0.39, 0.29) is 10.2 Å². The lowest BCUT2D eigenvalue weighted by molar-refractivity contribution is -0.137. The smallest absolute Gasteiger partial charge is 0.265 e. The second kappa shape index (κ2) is 4.23. The first-order chi connectivity index (χ1) is 7.89. The highest BCUT2D eigenvalue weighted by Crippen LogP contribution is 2.34. The number of H-pyrrole nitrogens is 1. The zero-order valence-corrected chi connectivity index (χ0v) is 9.66. The van der Waals surface area contributed by atoms with E-state index in [1.54, 1.807) is 0 Å². The van der Waals surface area contributed by atoms with Crippen LogP contribution in [-0.4, -0.2) is 10.2 Å². The predicted molar refractivity (Wildman–Crippen MR) is 59.0 cm³/mol. The van der Waals surface area contributed by atoms with Gasteiger partial charge >= 0.3 is 6.18 Å². The Bertz CT molecular complexity index is 531.